The molecule has 5 rings (SSSR count). The Morgan fingerprint density at radius 1 is 1.14 bits per heavy atom. The fraction of sp³-hybridized carbons (Fsp3) is 0.391. The van der Waals surface area contributed by atoms with E-state index < -0.39 is 0 Å². The maximum Gasteiger partial charge on any atom is 0.184 e. The predicted molar refractivity (Wildman–Crippen MR) is 120 cm³/mol. The molecule has 1 fully saturated rings. The van der Waals surface area contributed by atoms with Crippen LogP contribution in [0.4, 0.5) is 5.13 Å². The Hall–Kier alpha value is -2.44. The van der Waals surface area contributed by atoms with Crippen molar-refractivity contribution in [3.63, 3.8) is 0 Å². The van der Waals surface area contributed by atoms with E-state index in [1.54, 1.807) is 11.3 Å². The molecule has 0 radical (unpaired) electrons. The minimum absolute atomic E-state index is 0.118. The van der Waals surface area contributed by atoms with Gasteiger partial charge in [-0.3, -0.25) is 0 Å². The smallest absolute Gasteiger partial charge is 0.184 e. The van der Waals surface area contributed by atoms with Crippen LogP contribution < -0.4 is 5.32 Å². The summed E-state index contributed by atoms with van der Waals surface area (Å²) in [7, 11) is 0. The van der Waals surface area contributed by atoms with Crippen molar-refractivity contribution in [1.82, 2.24) is 14.5 Å². The number of nitrogens with zero attached hydrogens (tertiary/aromatic N) is 3. The number of fused-ring (bicyclic) bond motifs is 2. The van der Waals surface area contributed by atoms with Gasteiger partial charge in [0.2, 0.25) is 0 Å². The third-order valence-electron chi connectivity index (χ3n) is 5.89. The Kier molecular flexibility index (Phi) is 4.76. The largest absolute Gasteiger partial charge is 0.391 e. The zero-order valence-electron chi connectivity index (χ0n) is 16.9. The summed E-state index contributed by atoms with van der Waals surface area (Å²) in [5, 5.41) is 14.6. The van der Waals surface area contributed by atoms with Gasteiger partial charge in [0.1, 0.15) is 0 Å². The van der Waals surface area contributed by atoms with Gasteiger partial charge in [-0.25, -0.2) is 9.97 Å². The molecule has 4 aromatic rings. The highest BCUT2D eigenvalue weighted by molar-refractivity contribution is 7.22. The highest BCUT2D eigenvalue weighted by atomic mass is 32.1. The normalized spacial score (nSPS) is 19.8. The fourth-order valence-corrected chi connectivity index (χ4v) is 5.47. The van der Waals surface area contributed by atoms with E-state index in [1.165, 1.54) is 33.3 Å². The number of imidazole rings is 1. The van der Waals surface area contributed by atoms with Crippen molar-refractivity contribution >= 4 is 37.7 Å². The average molecular weight is 407 g/mol. The first-order chi connectivity index (χ1) is 14.1. The third kappa shape index (κ3) is 3.63. The molecule has 1 aliphatic carbocycles. The molecule has 5 nitrogen and oxygen atoms in total. The van der Waals surface area contributed by atoms with Gasteiger partial charge >= 0.3 is 0 Å². The van der Waals surface area contributed by atoms with Crippen LogP contribution >= 0.6 is 11.3 Å². The first-order valence-corrected chi connectivity index (χ1v) is 11.1. The number of nitrogens with one attached hydrogen (secondary N) is 1. The number of benzene rings is 2. The number of rotatable bonds is 4. The molecule has 2 N–H and O–H groups in total. The van der Waals surface area contributed by atoms with E-state index in [9.17, 15) is 5.11 Å². The molecule has 0 aliphatic heterocycles. The summed E-state index contributed by atoms with van der Waals surface area (Å²) in [4.78, 5) is 9.32. The van der Waals surface area contributed by atoms with E-state index in [1.807, 2.05) is 6.33 Å². The molecule has 0 saturated heterocycles. The summed E-state index contributed by atoms with van der Waals surface area (Å²) < 4.78 is 3.40. The highest BCUT2D eigenvalue weighted by Crippen LogP contribution is 2.30. The molecule has 2 aromatic carbocycles. The standard InChI is InChI=1S/C23H26N4OS/c1-14-9-15(2)22-19(10-14)24-13-27(22)12-16-7-8-18-21(11-16)29-23(26-18)25-17-5-3-4-6-20(17)28/h7-11,13,17,20,28H,3-6,12H2,1-2H3,(H,25,26)/t17-,20-/m1/s1. The van der Waals surface area contributed by atoms with E-state index >= 15 is 0 Å². The molecular weight excluding hydrogens is 380 g/mol. The van der Waals surface area contributed by atoms with Gasteiger partial charge in [0.05, 0.1) is 39.7 Å². The predicted octanol–water partition coefficient (Wildman–Crippen LogP) is 5.03. The molecule has 2 aromatic heterocycles. The molecule has 2 heterocycles. The van der Waals surface area contributed by atoms with Crippen LogP contribution in [0.2, 0.25) is 0 Å². The van der Waals surface area contributed by atoms with Crippen LogP contribution in [-0.2, 0) is 6.54 Å². The van der Waals surface area contributed by atoms with E-state index in [2.05, 4.69) is 59.0 Å². The molecule has 0 bridgehead atoms. The SMILES string of the molecule is Cc1cc(C)c2c(c1)ncn2Cc1ccc2nc(N[C@@H]3CCCC[C@H]3O)sc2c1. The lowest BCUT2D eigenvalue weighted by Gasteiger charge is -2.27. The average Bonchev–Trinajstić information content (AvgIpc) is 3.27. The number of thiazole rings is 1. The van der Waals surface area contributed by atoms with Gasteiger partial charge in [-0.2, -0.15) is 0 Å². The van der Waals surface area contributed by atoms with Crippen molar-refractivity contribution in [3.05, 3.63) is 53.3 Å². The number of aryl methyl sites for hydroxylation is 2. The van der Waals surface area contributed by atoms with Crippen LogP contribution in [0.3, 0.4) is 0 Å². The molecule has 6 heteroatoms. The first kappa shape index (κ1) is 18.6. The molecule has 0 spiro atoms. The van der Waals surface area contributed by atoms with Crippen molar-refractivity contribution in [1.29, 1.82) is 0 Å². The van der Waals surface area contributed by atoms with Gasteiger partial charge in [-0.1, -0.05) is 36.3 Å². The van der Waals surface area contributed by atoms with E-state index in [4.69, 9.17) is 4.98 Å². The van der Waals surface area contributed by atoms with Gasteiger partial charge in [0, 0.05) is 6.54 Å². The monoisotopic (exact) mass is 406 g/mol. The summed E-state index contributed by atoms with van der Waals surface area (Å²) >= 11 is 1.67. The topological polar surface area (TPSA) is 63.0 Å². The second-order valence-electron chi connectivity index (χ2n) is 8.25. The molecule has 29 heavy (non-hydrogen) atoms. The second kappa shape index (κ2) is 7.43. The van der Waals surface area contributed by atoms with E-state index in [0.717, 1.165) is 42.0 Å². The van der Waals surface area contributed by atoms with Crippen LogP contribution in [0.5, 0.6) is 0 Å². The van der Waals surface area contributed by atoms with Gasteiger partial charge in [-0.05, 0) is 61.6 Å². The summed E-state index contributed by atoms with van der Waals surface area (Å²) in [6.45, 7) is 5.05. The highest BCUT2D eigenvalue weighted by Gasteiger charge is 2.23. The lowest BCUT2D eigenvalue weighted by molar-refractivity contribution is 0.116. The van der Waals surface area contributed by atoms with Gasteiger partial charge in [0.25, 0.3) is 0 Å². The Bertz CT molecular complexity index is 1180. The number of anilines is 1. The maximum atomic E-state index is 10.2. The van der Waals surface area contributed by atoms with Crippen LogP contribution in [-0.4, -0.2) is 31.8 Å². The Morgan fingerprint density at radius 3 is 2.86 bits per heavy atom. The molecule has 0 amide bonds. The summed E-state index contributed by atoms with van der Waals surface area (Å²) in [5.41, 5.74) is 7.01. The summed E-state index contributed by atoms with van der Waals surface area (Å²) in [5.74, 6) is 0. The maximum absolute atomic E-state index is 10.2. The number of hydrogen-bond acceptors (Lipinski definition) is 5. The molecule has 1 aliphatic rings. The quantitative estimate of drug-likeness (QED) is 0.499. The van der Waals surface area contributed by atoms with Gasteiger partial charge < -0.3 is 15.0 Å². The van der Waals surface area contributed by atoms with Crippen molar-refractivity contribution in [2.75, 3.05) is 5.32 Å². The first-order valence-electron chi connectivity index (χ1n) is 10.3. The molecule has 2 atom stereocenters. The molecule has 150 valence electrons. The van der Waals surface area contributed by atoms with Crippen LogP contribution in [0, 0.1) is 13.8 Å². The minimum Gasteiger partial charge on any atom is -0.391 e. The zero-order chi connectivity index (χ0) is 20.0. The van der Waals surface area contributed by atoms with Crippen molar-refractivity contribution in [2.45, 2.75) is 58.2 Å². The van der Waals surface area contributed by atoms with Crippen molar-refractivity contribution in [3.8, 4) is 0 Å². The van der Waals surface area contributed by atoms with Gasteiger partial charge in [-0.15, -0.1) is 0 Å². The van der Waals surface area contributed by atoms with Crippen molar-refractivity contribution < 1.29 is 5.11 Å². The summed E-state index contributed by atoms with van der Waals surface area (Å²) in [6.07, 6.45) is 5.84. The minimum atomic E-state index is -0.271. The molecular formula is C23H26N4OS. The van der Waals surface area contributed by atoms with E-state index in [0.29, 0.717) is 0 Å². The number of aliphatic hydroxyl groups is 1. The lowest BCUT2D eigenvalue weighted by Crippen LogP contribution is -2.36. The lowest BCUT2D eigenvalue weighted by atomic mass is 9.93. The number of aliphatic hydroxyl groups excluding tert-OH is 1. The van der Waals surface area contributed by atoms with Crippen LogP contribution in [0.1, 0.15) is 42.4 Å². The van der Waals surface area contributed by atoms with E-state index in [-0.39, 0.29) is 12.1 Å². The fourth-order valence-electron chi connectivity index (χ4n) is 4.48. The molecule has 0 unspecified atom stereocenters. The van der Waals surface area contributed by atoms with Crippen LogP contribution in [0.25, 0.3) is 21.3 Å². The molecule has 1 saturated carbocycles. The van der Waals surface area contributed by atoms with Gasteiger partial charge in [0.15, 0.2) is 5.13 Å². The third-order valence-corrected chi connectivity index (χ3v) is 6.84. The zero-order valence-corrected chi connectivity index (χ0v) is 17.7. The Labute approximate surface area is 174 Å². The Balaban J connectivity index is 1.40. The van der Waals surface area contributed by atoms with Crippen LogP contribution in [0.15, 0.2) is 36.7 Å². The second-order valence-corrected chi connectivity index (χ2v) is 9.28. The van der Waals surface area contributed by atoms with Crippen molar-refractivity contribution in [2.24, 2.45) is 0 Å². The summed E-state index contributed by atoms with van der Waals surface area (Å²) in [6, 6.07) is 10.9. The Morgan fingerprint density at radius 2 is 2.00 bits per heavy atom. The number of aromatic nitrogens is 3. The number of hydrogen-bond donors (Lipinski definition) is 2.